The number of hydrogen-bond acceptors (Lipinski definition) is 3. The molecule has 0 saturated carbocycles. The van der Waals surface area contributed by atoms with Gasteiger partial charge >= 0.3 is 6.16 Å². The van der Waals surface area contributed by atoms with Crippen LogP contribution in [0.3, 0.4) is 0 Å². The average Bonchev–Trinajstić information content (AvgIpc) is 1.81. The number of carboxylic acid groups (broad SMARTS) is 1. The van der Waals surface area contributed by atoms with Crippen LogP contribution in [0.4, 0.5) is 4.79 Å². The third-order valence-electron chi connectivity index (χ3n) is 1.36. The Bertz CT molecular complexity index is 159. The minimum atomic E-state index is -1.23. The smallest absolute Gasteiger partial charge is 0.450 e. The molecule has 0 aromatic rings. The Morgan fingerprint density at radius 3 is 2.38 bits per heavy atom. The SMILES string of the molecule is CC(CCOC(C)(C)C)OC(=O)O. The van der Waals surface area contributed by atoms with Crippen LogP contribution in [0.25, 0.3) is 0 Å². The standard InChI is InChI=1S/C9H18O4/c1-7(13-8(10)11)5-6-12-9(2,3)4/h7H,5-6H2,1-4H3,(H,10,11). The van der Waals surface area contributed by atoms with Crippen molar-refractivity contribution in [3.8, 4) is 0 Å². The Morgan fingerprint density at radius 1 is 1.46 bits per heavy atom. The van der Waals surface area contributed by atoms with E-state index in [1.807, 2.05) is 20.8 Å². The molecule has 0 aromatic heterocycles. The lowest BCUT2D eigenvalue weighted by molar-refractivity contribution is -0.0226. The van der Waals surface area contributed by atoms with E-state index in [1.54, 1.807) is 6.92 Å². The molecule has 4 nitrogen and oxygen atoms in total. The van der Waals surface area contributed by atoms with Crippen LogP contribution in [0, 0.1) is 0 Å². The van der Waals surface area contributed by atoms with Crippen LogP contribution in [-0.2, 0) is 9.47 Å². The molecule has 0 saturated heterocycles. The largest absolute Gasteiger partial charge is 0.506 e. The topological polar surface area (TPSA) is 55.8 Å². The lowest BCUT2D eigenvalue weighted by Crippen LogP contribution is -2.23. The molecular formula is C9H18O4. The summed E-state index contributed by atoms with van der Waals surface area (Å²) in [5, 5.41) is 8.28. The van der Waals surface area contributed by atoms with E-state index in [0.29, 0.717) is 13.0 Å². The van der Waals surface area contributed by atoms with Gasteiger partial charge in [-0.2, -0.15) is 0 Å². The molecule has 0 amide bonds. The van der Waals surface area contributed by atoms with Gasteiger partial charge in [-0.3, -0.25) is 0 Å². The van der Waals surface area contributed by atoms with E-state index in [9.17, 15) is 4.79 Å². The van der Waals surface area contributed by atoms with E-state index >= 15 is 0 Å². The third-order valence-corrected chi connectivity index (χ3v) is 1.36. The van der Waals surface area contributed by atoms with Gasteiger partial charge < -0.3 is 14.6 Å². The molecule has 0 aromatic carbocycles. The quantitative estimate of drug-likeness (QED) is 0.691. The van der Waals surface area contributed by atoms with Crippen molar-refractivity contribution in [2.24, 2.45) is 0 Å². The second kappa shape index (κ2) is 5.07. The van der Waals surface area contributed by atoms with E-state index < -0.39 is 6.16 Å². The van der Waals surface area contributed by atoms with Crippen LogP contribution in [0.15, 0.2) is 0 Å². The minimum Gasteiger partial charge on any atom is -0.450 e. The maximum absolute atomic E-state index is 10.1. The molecule has 1 atom stereocenters. The minimum absolute atomic E-state index is 0.178. The first kappa shape index (κ1) is 12.2. The van der Waals surface area contributed by atoms with Crippen LogP contribution in [-0.4, -0.2) is 29.6 Å². The van der Waals surface area contributed by atoms with E-state index in [-0.39, 0.29) is 11.7 Å². The highest BCUT2D eigenvalue weighted by molar-refractivity contribution is 5.56. The Kier molecular flexibility index (Phi) is 4.77. The van der Waals surface area contributed by atoms with Gasteiger partial charge in [0.05, 0.1) is 12.2 Å². The molecule has 0 rings (SSSR count). The van der Waals surface area contributed by atoms with Crippen LogP contribution >= 0.6 is 0 Å². The fraction of sp³-hybridized carbons (Fsp3) is 0.889. The third kappa shape index (κ3) is 9.14. The average molecular weight is 190 g/mol. The predicted molar refractivity (Wildman–Crippen MR) is 48.9 cm³/mol. The highest BCUT2D eigenvalue weighted by Gasteiger charge is 2.12. The zero-order chi connectivity index (χ0) is 10.5. The van der Waals surface area contributed by atoms with Crippen molar-refractivity contribution >= 4 is 6.16 Å². The zero-order valence-corrected chi connectivity index (χ0v) is 8.66. The van der Waals surface area contributed by atoms with Gasteiger partial charge in [0, 0.05) is 6.42 Å². The summed E-state index contributed by atoms with van der Waals surface area (Å²) >= 11 is 0. The molecule has 0 spiro atoms. The Morgan fingerprint density at radius 2 is 2.00 bits per heavy atom. The first-order chi connectivity index (χ1) is 5.81. The molecule has 0 aliphatic heterocycles. The van der Waals surface area contributed by atoms with Gasteiger partial charge in [0.15, 0.2) is 0 Å². The van der Waals surface area contributed by atoms with Crippen LogP contribution in [0.1, 0.15) is 34.1 Å². The first-order valence-corrected chi connectivity index (χ1v) is 4.35. The van der Waals surface area contributed by atoms with Crippen LogP contribution in [0.2, 0.25) is 0 Å². The van der Waals surface area contributed by atoms with Crippen molar-refractivity contribution in [1.29, 1.82) is 0 Å². The lowest BCUT2D eigenvalue weighted by atomic mass is 10.2. The summed E-state index contributed by atoms with van der Waals surface area (Å²) in [4.78, 5) is 10.1. The highest BCUT2D eigenvalue weighted by atomic mass is 16.7. The van der Waals surface area contributed by atoms with Crippen molar-refractivity contribution in [2.45, 2.75) is 45.8 Å². The summed E-state index contributed by atoms with van der Waals surface area (Å²) in [6.45, 7) is 8.08. The van der Waals surface area contributed by atoms with Crippen molar-refractivity contribution in [1.82, 2.24) is 0 Å². The molecule has 4 heteroatoms. The van der Waals surface area contributed by atoms with Crippen molar-refractivity contribution in [3.63, 3.8) is 0 Å². The van der Waals surface area contributed by atoms with E-state index in [4.69, 9.17) is 9.84 Å². The van der Waals surface area contributed by atoms with Gasteiger partial charge in [-0.25, -0.2) is 4.79 Å². The zero-order valence-electron chi connectivity index (χ0n) is 8.66. The molecule has 0 aliphatic carbocycles. The number of ether oxygens (including phenoxy) is 2. The maximum atomic E-state index is 10.1. The number of rotatable bonds is 4. The van der Waals surface area contributed by atoms with Gasteiger partial charge in [-0.05, 0) is 27.7 Å². The molecule has 1 N–H and O–H groups in total. The normalized spacial score (nSPS) is 13.8. The highest BCUT2D eigenvalue weighted by Crippen LogP contribution is 2.08. The fourth-order valence-corrected chi connectivity index (χ4v) is 0.762. The van der Waals surface area contributed by atoms with Gasteiger partial charge in [-0.15, -0.1) is 0 Å². The van der Waals surface area contributed by atoms with Gasteiger partial charge in [0.1, 0.15) is 6.10 Å². The van der Waals surface area contributed by atoms with Crippen molar-refractivity contribution < 1.29 is 19.4 Å². The van der Waals surface area contributed by atoms with Gasteiger partial charge in [-0.1, -0.05) is 0 Å². The summed E-state index contributed by atoms with van der Waals surface area (Å²) in [6.07, 6.45) is -0.952. The number of carbonyl (C=O) groups is 1. The molecular weight excluding hydrogens is 172 g/mol. The predicted octanol–water partition coefficient (Wildman–Crippen LogP) is 2.27. The summed E-state index contributed by atoms with van der Waals surface area (Å²) < 4.78 is 9.91. The van der Waals surface area contributed by atoms with E-state index in [2.05, 4.69) is 4.74 Å². The molecule has 0 fully saturated rings. The van der Waals surface area contributed by atoms with Gasteiger partial charge in [0.2, 0.25) is 0 Å². The second-order valence-electron chi connectivity index (χ2n) is 3.94. The summed E-state index contributed by atoms with van der Waals surface area (Å²) in [7, 11) is 0. The van der Waals surface area contributed by atoms with E-state index in [0.717, 1.165) is 0 Å². The van der Waals surface area contributed by atoms with Crippen LogP contribution in [0.5, 0.6) is 0 Å². The lowest BCUT2D eigenvalue weighted by Gasteiger charge is -2.20. The summed E-state index contributed by atoms with van der Waals surface area (Å²) in [6, 6.07) is 0. The Hall–Kier alpha value is -0.770. The molecule has 0 heterocycles. The van der Waals surface area contributed by atoms with Crippen molar-refractivity contribution in [2.75, 3.05) is 6.61 Å². The maximum Gasteiger partial charge on any atom is 0.506 e. The molecule has 0 bridgehead atoms. The second-order valence-corrected chi connectivity index (χ2v) is 3.94. The monoisotopic (exact) mass is 190 g/mol. The first-order valence-electron chi connectivity index (χ1n) is 4.35. The molecule has 78 valence electrons. The fourth-order valence-electron chi connectivity index (χ4n) is 0.762. The summed E-state index contributed by atoms with van der Waals surface area (Å²) in [5.74, 6) is 0. The van der Waals surface area contributed by atoms with E-state index in [1.165, 1.54) is 0 Å². The molecule has 0 aliphatic rings. The molecule has 1 unspecified atom stereocenters. The molecule has 13 heavy (non-hydrogen) atoms. The summed E-state index contributed by atoms with van der Waals surface area (Å²) in [5.41, 5.74) is -0.178. The van der Waals surface area contributed by atoms with Crippen molar-refractivity contribution in [3.05, 3.63) is 0 Å². The Labute approximate surface area is 78.8 Å². The number of hydrogen-bond donors (Lipinski definition) is 1. The van der Waals surface area contributed by atoms with Crippen LogP contribution < -0.4 is 0 Å². The molecule has 0 radical (unpaired) electrons. The van der Waals surface area contributed by atoms with Gasteiger partial charge in [0.25, 0.3) is 0 Å². The Balaban J connectivity index is 3.48.